The number of para-hydroxylation sites is 1. The molecule has 0 saturated carbocycles. The lowest BCUT2D eigenvalue weighted by atomic mass is 9.77. The van der Waals surface area contributed by atoms with Crippen LogP contribution in [0.4, 0.5) is 11.4 Å². The molecule has 0 saturated heterocycles. The van der Waals surface area contributed by atoms with Crippen LogP contribution in [0.25, 0.3) is 0 Å². The quantitative estimate of drug-likeness (QED) is 0.124. The van der Waals surface area contributed by atoms with Gasteiger partial charge in [0.05, 0.1) is 22.4 Å². The van der Waals surface area contributed by atoms with E-state index in [2.05, 4.69) is 88.6 Å². The van der Waals surface area contributed by atoms with Crippen LogP contribution in [-0.2, 0) is 6.61 Å². The molecule has 39 heavy (non-hydrogen) atoms. The number of anilines is 1. The zero-order valence-electron chi connectivity index (χ0n) is 21.5. The SMILES string of the molecule is COc1cc(C=Nc2ccc([C@@H]3Nc4ccccc4[C@H]4C=CC[C@@H]43)cc2)cc(I)c1OCc1cccc(Cl)c1. The van der Waals surface area contributed by atoms with Crippen molar-refractivity contribution in [1.29, 1.82) is 0 Å². The number of nitrogens with zero attached hydrogens (tertiary/aromatic N) is 1. The molecule has 1 aliphatic carbocycles. The number of methoxy groups -OCH3 is 1. The summed E-state index contributed by atoms with van der Waals surface area (Å²) in [6, 6.07) is 29.2. The van der Waals surface area contributed by atoms with Crippen molar-refractivity contribution < 1.29 is 9.47 Å². The van der Waals surface area contributed by atoms with E-state index in [0.29, 0.717) is 35.0 Å². The number of nitrogens with one attached hydrogen (secondary N) is 1. The molecule has 0 bridgehead atoms. The molecule has 4 aromatic carbocycles. The zero-order chi connectivity index (χ0) is 26.8. The van der Waals surface area contributed by atoms with Gasteiger partial charge in [0.2, 0.25) is 0 Å². The molecule has 2 aliphatic rings. The molecule has 1 aliphatic heterocycles. The molecular formula is C33H28ClIN2O2. The largest absolute Gasteiger partial charge is 0.493 e. The van der Waals surface area contributed by atoms with Gasteiger partial charge in [-0.3, -0.25) is 4.99 Å². The lowest BCUT2D eigenvalue weighted by molar-refractivity contribution is 0.282. The van der Waals surface area contributed by atoms with Gasteiger partial charge in [-0.1, -0.05) is 66.2 Å². The van der Waals surface area contributed by atoms with E-state index in [-0.39, 0.29) is 6.04 Å². The number of benzene rings is 4. The Kier molecular flexibility index (Phi) is 7.62. The zero-order valence-corrected chi connectivity index (χ0v) is 24.4. The second kappa shape index (κ2) is 11.4. The van der Waals surface area contributed by atoms with Crippen LogP contribution in [0.3, 0.4) is 0 Å². The van der Waals surface area contributed by atoms with E-state index in [1.54, 1.807) is 7.11 Å². The lowest BCUT2D eigenvalue weighted by Crippen LogP contribution is -2.28. The molecule has 4 nitrogen and oxygen atoms in total. The third-order valence-corrected chi connectivity index (χ3v) is 8.45. The lowest BCUT2D eigenvalue weighted by Gasteiger charge is -2.37. The van der Waals surface area contributed by atoms with Gasteiger partial charge in [-0.15, -0.1) is 0 Å². The highest BCUT2D eigenvalue weighted by Crippen LogP contribution is 2.49. The van der Waals surface area contributed by atoms with Crippen molar-refractivity contribution in [3.05, 3.63) is 128 Å². The predicted molar refractivity (Wildman–Crippen MR) is 168 cm³/mol. The van der Waals surface area contributed by atoms with Crippen molar-refractivity contribution in [3.8, 4) is 11.5 Å². The smallest absolute Gasteiger partial charge is 0.174 e. The molecule has 0 spiro atoms. The summed E-state index contributed by atoms with van der Waals surface area (Å²) in [5.41, 5.74) is 6.79. The molecule has 0 amide bonds. The average Bonchev–Trinajstić information content (AvgIpc) is 3.46. The average molecular weight is 647 g/mol. The summed E-state index contributed by atoms with van der Waals surface area (Å²) >= 11 is 8.38. The molecule has 0 aromatic heterocycles. The molecule has 6 rings (SSSR count). The van der Waals surface area contributed by atoms with Crippen LogP contribution in [0.1, 0.15) is 40.6 Å². The minimum absolute atomic E-state index is 0.281. The molecule has 0 fully saturated rings. The Balaban J connectivity index is 1.17. The standard InChI is InChI=1S/C33H28ClIN2O2/c1-38-31-18-22(17-29(35)33(31)39-20-21-6-4-7-24(34)16-21)19-36-25-14-12-23(13-15-25)32-28-10-5-9-26(28)27-8-2-3-11-30(27)37-32/h2-9,11-19,26,28,32,37H,10,20H2,1H3/t26-,28+,32+/m1/s1. The number of allylic oxidation sites excluding steroid dienone is 2. The first-order chi connectivity index (χ1) is 19.1. The fourth-order valence-electron chi connectivity index (χ4n) is 5.53. The number of halogens is 2. The Morgan fingerprint density at radius 1 is 1.03 bits per heavy atom. The van der Waals surface area contributed by atoms with Crippen LogP contribution < -0.4 is 14.8 Å². The maximum Gasteiger partial charge on any atom is 0.174 e. The van der Waals surface area contributed by atoms with Gasteiger partial charge in [-0.05, 0) is 99.6 Å². The Morgan fingerprint density at radius 2 is 1.87 bits per heavy atom. The molecule has 1 N–H and O–H groups in total. The second-order valence-electron chi connectivity index (χ2n) is 9.87. The number of ether oxygens (including phenoxy) is 2. The maximum atomic E-state index is 6.11. The molecule has 6 heteroatoms. The van der Waals surface area contributed by atoms with Crippen LogP contribution in [0, 0.1) is 9.49 Å². The summed E-state index contributed by atoms with van der Waals surface area (Å²) in [4.78, 5) is 4.74. The molecule has 0 unspecified atom stereocenters. The predicted octanol–water partition coefficient (Wildman–Crippen LogP) is 9.11. The van der Waals surface area contributed by atoms with E-state index in [1.807, 2.05) is 42.6 Å². The topological polar surface area (TPSA) is 42.8 Å². The van der Waals surface area contributed by atoms with Gasteiger partial charge >= 0.3 is 0 Å². The third kappa shape index (κ3) is 5.56. The normalized spacial score (nSPS) is 19.4. The van der Waals surface area contributed by atoms with Crippen molar-refractivity contribution in [2.24, 2.45) is 10.9 Å². The van der Waals surface area contributed by atoms with E-state index in [4.69, 9.17) is 26.1 Å². The van der Waals surface area contributed by atoms with Gasteiger partial charge in [0.1, 0.15) is 6.61 Å². The molecule has 3 atom stereocenters. The van der Waals surface area contributed by atoms with Gasteiger partial charge < -0.3 is 14.8 Å². The third-order valence-electron chi connectivity index (χ3n) is 7.41. The van der Waals surface area contributed by atoms with E-state index in [1.165, 1.54) is 16.8 Å². The molecule has 0 radical (unpaired) electrons. The number of rotatable bonds is 7. The van der Waals surface area contributed by atoms with Gasteiger partial charge in [-0.25, -0.2) is 0 Å². The Morgan fingerprint density at radius 3 is 2.69 bits per heavy atom. The first-order valence-electron chi connectivity index (χ1n) is 13.0. The van der Waals surface area contributed by atoms with Gasteiger partial charge in [0, 0.05) is 22.8 Å². The first kappa shape index (κ1) is 26.0. The maximum absolute atomic E-state index is 6.11. The van der Waals surface area contributed by atoms with E-state index >= 15 is 0 Å². The van der Waals surface area contributed by atoms with Crippen molar-refractivity contribution in [1.82, 2.24) is 0 Å². The van der Waals surface area contributed by atoms with E-state index in [9.17, 15) is 0 Å². The molecular weight excluding hydrogens is 619 g/mol. The summed E-state index contributed by atoms with van der Waals surface area (Å²) in [5, 5.41) is 4.49. The van der Waals surface area contributed by atoms with Gasteiger partial charge in [0.25, 0.3) is 0 Å². The number of hydrogen-bond donors (Lipinski definition) is 1. The van der Waals surface area contributed by atoms with Crippen LogP contribution >= 0.6 is 34.2 Å². The highest BCUT2D eigenvalue weighted by Gasteiger charge is 2.37. The van der Waals surface area contributed by atoms with Crippen LogP contribution in [0.15, 0.2) is 102 Å². The fourth-order valence-corrected chi connectivity index (χ4v) is 6.52. The van der Waals surface area contributed by atoms with Gasteiger partial charge in [0.15, 0.2) is 11.5 Å². The highest BCUT2D eigenvalue weighted by atomic mass is 127. The monoisotopic (exact) mass is 646 g/mol. The Bertz CT molecular complexity index is 1550. The summed E-state index contributed by atoms with van der Waals surface area (Å²) in [6.07, 6.45) is 7.66. The Hall–Kier alpha value is -3.29. The summed E-state index contributed by atoms with van der Waals surface area (Å²) in [5.74, 6) is 2.38. The minimum Gasteiger partial charge on any atom is -0.493 e. The highest BCUT2D eigenvalue weighted by molar-refractivity contribution is 14.1. The van der Waals surface area contributed by atoms with Crippen molar-refractivity contribution >= 4 is 51.8 Å². The second-order valence-corrected chi connectivity index (χ2v) is 11.5. The van der Waals surface area contributed by atoms with Crippen LogP contribution in [0.2, 0.25) is 5.02 Å². The fraction of sp³-hybridized carbons (Fsp3) is 0.182. The van der Waals surface area contributed by atoms with Crippen molar-refractivity contribution in [3.63, 3.8) is 0 Å². The van der Waals surface area contributed by atoms with Crippen molar-refractivity contribution in [2.75, 3.05) is 12.4 Å². The summed E-state index contributed by atoms with van der Waals surface area (Å²) in [7, 11) is 1.65. The van der Waals surface area contributed by atoms with E-state index < -0.39 is 0 Å². The summed E-state index contributed by atoms with van der Waals surface area (Å²) < 4.78 is 12.7. The molecule has 1 heterocycles. The van der Waals surface area contributed by atoms with Crippen LogP contribution in [0.5, 0.6) is 11.5 Å². The summed E-state index contributed by atoms with van der Waals surface area (Å²) in [6.45, 7) is 0.409. The number of hydrogen-bond acceptors (Lipinski definition) is 4. The van der Waals surface area contributed by atoms with E-state index in [0.717, 1.165) is 26.8 Å². The minimum atomic E-state index is 0.281. The van der Waals surface area contributed by atoms with Gasteiger partial charge in [-0.2, -0.15) is 0 Å². The van der Waals surface area contributed by atoms with Crippen molar-refractivity contribution in [2.45, 2.75) is 25.0 Å². The first-order valence-corrected chi connectivity index (χ1v) is 14.5. The van der Waals surface area contributed by atoms with Crippen LogP contribution in [-0.4, -0.2) is 13.3 Å². The molecule has 196 valence electrons. The molecule has 4 aromatic rings. The Labute approximate surface area is 247 Å². The number of fused-ring (bicyclic) bond motifs is 3. The number of aliphatic imine (C=N–C) groups is 1.